The van der Waals surface area contributed by atoms with E-state index in [1.807, 2.05) is 92.8 Å². The molecule has 0 fully saturated rings. The Labute approximate surface area is 174 Å². The summed E-state index contributed by atoms with van der Waals surface area (Å²) in [5.74, 6) is 3.10. The molecule has 0 bridgehead atoms. The van der Waals surface area contributed by atoms with E-state index in [4.69, 9.17) is 14.3 Å². The van der Waals surface area contributed by atoms with Crippen LogP contribution in [0.25, 0.3) is 0 Å². The molecule has 0 unspecified atom stereocenters. The predicted octanol–water partition coefficient (Wildman–Crippen LogP) is 5.73. The normalized spacial score (nSPS) is 10.9. The highest BCUT2D eigenvalue weighted by atomic mass is 16.6. The van der Waals surface area contributed by atoms with Gasteiger partial charge >= 0.3 is 0 Å². The summed E-state index contributed by atoms with van der Waals surface area (Å²) in [5.41, 5.74) is 1.52. The SMILES string of the molecule is Cc1nn(C)c(Oc2ccccc2)c1C=NOc1ccccc1Oc1ccccc1. The van der Waals surface area contributed by atoms with Gasteiger partial charge in [0, 0.05) is 7.05 Å². The van der Waals surface area contributed by atoms with Crippen molar-refractivity contribution in [3.05, 3.63) is 96.2 Å². The lowest BCUT2D eigenvalue weighted by Gasteiger charge is -2.09. The molecule has 0 N–H and O–H groups in total. The molecule has 30 heavy (non-hydrogen) atoms. The maximum atomic E-state index is 6.00. The van der Waals surface area contributed by atoms with E-state index in [-0.39, 0.29) is 0 Å². The Balaban J connectivity index is 1.53. The van der Waals surface area contributed by atoms with Crippen molar-refractivity contribution in [2.45, 2.75) is 6.92 Å². The topological polar surface area (TPSA) is 57.9 Å². The minimum atomic E-state index is 0.504. The van der Waals surface area contributed by atoms with Gasteiger partial charge < -0.3 is 14.3 Å². The zero-order valence-electron chi connectivity index (χ0n) is 16.7. The van der Waals surface area contributed by atoms with E-state index in [2.05, 4.69) is 10.3 Å². The number of hydrogen-bond acceptors (Lipinski definition) is 5. The van der Waals surface area contributed by atoms with E-state index in [0.29, 0.717) is 17.4 Å². The number of para-hydroxylation sites is 4. The molecule has 0 aliphatic carbocycles. The number of oxime groups is 1. The summed E-state index contributed by atoms with van der Waals surface area (Å²) in [5, 5.41) is 8.58. The number of aryl methyl sites for hydroxylation is 2. The van der Waals surface area contributed by atoms with Crippen molar-refractivity contribution in [1.29, 1.82) is 0 Å². The molecule has 0 saturated heterocycles. The summed E-state index contributed by atoms with van der Waals surface area (Å²) in [7, 11) is 1.83. The highest BCUT2D eigenvalue weighted by Gasteiger charge is 2.14. The Bertz CT molecular complexity index is 1140. The fourth-order valence-electron chi connectivity index (χ4n) is 2.88. The minimum Gasteiger partial charge on any atom is -0.453 e. The van der Waals surface area contributed by atoms with Crippen molar-refractivity contribution in [3.8, 4) is 28.9 Å². The molecule has 4 rings (SSSR count). The third-order valence-electron chi connectivity index (χ3n) is 4.32. The van der Waals surface area contributed by atoms with Crippen molar-refractivity contribution in [3.63, 3.8) is 0 Å². The zero-order valence-corrected chi connectivity index (χ0v) is 16.7. The first-order valence-corrected chi connectivity index (χ1v) is 9.49. The summed E-state index contributed by atoms with van der Waals surface area (Å²) in [6.45, 7) is 1.89. The highest BCUT2D eigenvalue weighted by Crippen LogP contribution is 2.31. The molecule has 3 aromatic carbocycles. The van der Waals surface area contributed by atoms with Crippen LogP contribution in [0.1, 0.15) is 11.3 Å². The third kappa shape index (κ3) is 4.50. The maximum Gasteiger partial charge on any atom is 0.226 e. The van der Waals surface area contributed by atoms with Gasteiger partial charge in [0.2, 0.25) is 5.88 Å². The summed E-state index contributed by atoms with van der Waals surface area (Å²) in [6, 6.07) is 26.4. The summed E-state index contributed by atoms with van der Waals surface area (Å²) >= 11 is 0. The predicted molar refractivity (Wildman–Crippen MR) is 116 cm³/mol. The quantitative estimate of drug-likeness (QED) is 0.294. The fraction of sp³-hybridized carbons (Fsp3) is 0.0833. The maximum absolute atomic E-state index is 6.00. The monoisotopic (exact) mass is 399 g/mol. The second-order valence-electron chi connectivity index (χ2n) is 6.53. The smallest absolute Gasteiger partial charge is 0.226 e. The molecule has 0 atom stereocenters. The Morgan fingerprint density at radius 3 is 2.00 bits per heavy atom. The summed E-state index contributed by atoms with van der Waals surface area (Å²) < 4.78 is 13.6. The second kappa shape index (κ2) is 8.96. The van der Waals surface area contributed by atoms with E-state index in [9.17, 15) is 0 Å². The van der Waals surface area contributed by atoms with Crippen LogP contribution in [0.5, 0.6) is 28.9 Å². The number of hydrogen-bond donors (Lipinski definition) is 0. The lowest BCUT2D eigenvalue weighted by molar-refractivity contribution is 0.324. The number of benzene rings is 3. The van der Waals surface area contributed by atoms with Crippen LogP contribution in [0.2, 0.25) is 0 Å². The molecule has 0 saturated carbocycles. The molecule has 1 heterocycles. The molecule has 6 nitrogen and oxygen atoms in total. The van der Waals surface area contributed by atoms with Gasteiger partial charge in [-0.05, 0) is 43.3 Å². The van der Waals surface area contributed by atoms with E-state index in [1.54, 1.807) is 17.0 Å². The number of aromatic nitrogens is 2. The summed E-state index contributed by atoms with van der Waals surface area (Å²) in [4.78, 5) is 5.63. The minimum absolute atomic E-state index is 0.504. The van der Waals surface area contributed by atoms with E-state index in [0.717, 1.165) is 22.8 Å². The van der Waals surface area contributed by atoms with Crippen LogP contribution in [-0.2, 0) is 7.05 Å². The van der Waals surface area contributed by atoms with Gasteiger partial charge in [-0.2, -0.15) is 5.10 Å². The van der Waals surface area contributed by atoms with Gasteiger partial charge in [-0.3, -0.25) is 0 Å². The molecule has 150 valence electrons. The van der Waals surface area contributed by atoms with Crippen molar-refractivity contribution in [1.82, 2.24) is 9.78 Å². The Kier molecular flexibility index (Phi) is 5.75. The van der Waals surface area contributed by atoms with Crippen LogP contribution >= 0.6 is 0 Å². The largest absolute Gasteiger partial charge is 0.453 e. The highest BCUT2D eigenvalue weighted by molar-refractivity contribution is 5.84. The number of rotatable bonds is 7. The summed E-state index contributed by atoms with van der Waals surface area (Å²) in [6.07, 6.45) is 1.60. The molecule has 0 aliphatic heterocycles. The Hall–Kier alpha value is -4.06. The van der Waals surface area contributed by atoms with Crippen molar-refractivity contribution in [2.24, 2.45) is 12.2 Å². The molecule has 0 amide bonds. The molecule has 6 heteroatoms. The van der Waals surface area contributed by atoms with Crippen LogP contribution in [0.3, 0.4) is 0 Å². The molecule has 0 radical (unpaired) electrons. The zero-order chi connectivity index (χ0) is 20.8. The van der Waals surface area contributed by atoms with Gasteiger partial charge in [-0.15, -0.1) is 0 Å². The Morgan fingerprint density at radius 2 is 1.33 bits per heavy atom. The average Bonchev–Trinajstić information content (AvgIpc) is 3.03. The van der Waals surface area contributed by atoms with Gasteiger partial charge in [0.15, 0.2) is 11.5 Å². The van der Waals surface area contributed by atoms with Crippen molar-refractivity contribution >= 4 is 6.21 Å². The van der Waals surface area contributed by atoms with Crippen molar-refractivity contribution < 1.29 is 14.3 Å². The van der Waals surface area contributed by atoms with Gasteiger partial charge in [0.05, 0.1) is 17.5 Å². The second-order valence-corrected chi connectivity index (χ2v) is 6.53. The van der Waals surface area contributed by atoms with Gasteiger partial charge in [-0.1, -0.05) is 53.7 Å². The Morgan fingerprint density at radius 1 is 0.767 bits per heavy atom. The molecule has 0 aliphatic rings. The lowest BCUT2D eigenvalue weighted by atomic mass is 10.3. The van der Waals surface area contributed by atoms with Gasteiger partial charge in [-0.25, -0.2) is 4.68 Å². The van der Waals surface area contributed by atoms with Crippen LogP contribution in [0.4, 0.5) is 0 Å². The first-order valence-electron chi connectivity index (χ1n) is 9.49. The molecular weight excluding hydrogens is 378 g/mol. The number of nitrogens with zero attached hydrogens (tertiary/aromatic N) is 3. The molecular formula is C24H21N3O3. The van der Waals surface area contributed by atoms with Crippen LogP contribution in [-0.4, -0.2) is 16.0 Å². The first-order chi connectivity index (χ1) is 14.7. The van der Waals surface area contributed by atoms with Gasteiger partial charge in [0.25, 0.3) is 0 Å². The average molecular weight is 399 g/mol. The fourth-order valence-corrected chi connectivity index (χ4v) is 2.88. The standard InChI is InChI=1S/C24H21N3O3/c1-18-21(24(27(2)26-18)29-20-13-7-4-8-14-20)17-25-30-23-16-10-9-15-22(23)28-19-11-5-3-6-12-19/h3-17H,1-2H3. The van der Waals surface area contributed by atoms with E-state index >= 15 is 0 Å². The molecule has 4 aromatic rings. The molecule has 0 spiro atoms. The van der Waals surface area contributed by atoms with Crippen LogP contribution in [0, 0.1) is 6.92 Å². The first kappa shape index (κ1) is 19.3. The number of ether oxygens (including phenoxy) is 2. The lowest BCUT2D eigenvalue weighted by Crippen LogP contribution is -1.97. The van der Waals surface area contributed by atoms with Crippen LogP contribution in [0.15, 0.2) is 90.1 Å². The van der Waals surface area contributed by atoms with Crippen molar-refractivity contribution in [2.75, 3.05) is 0 Å². The van der Waals surface area contributed by atoms with Crippen LogP contribution < -0.4 is 14.3 Å². The van der Waals surface area contributed by atoms with E-state index in [1.165, 1.54) is 0 Å². The van der Waals surface area contributed by atoms with E-state index < -0.39 is 0 Å². The molecule has 1 aromatic heterocycles. The van der Waals surface area contributed by atoms with Gasteiger partial charge in [0.1, 0.15) is 11.5 Å². The third-order valence-corrected chi connectivity index (χ3v) is 4.32.